The number of unbranched alkanes of at least 4 members (excludes halogenated alkanes) is 1. The molecule has 1 aliphatic rings. The molecular weight excluding hydrogens is 363 g/mol. The van der Waals surface area contributed by atoms with Gasteiger partial charge in [0.15, 0.2) is 11.6 Å². The Morgan fingerprint density at radius 3 is 2.44 bits per heavy atom. The number of halogens is 5. The summed E-state index contributed by atoms with van der Waals surface area (Å²) in [6.07, 6.45) is 1.69. The zero-order chi connectivity index (χ0) is 19.6. The minimum Gasteiger partial charge on any atom is -0.403 e. The molecule has 1 nitrogen and oxygen atoms in total. The lowest BCUT2D eigenvalue weighted by molar-refractivity contribution is -0.275. The van der Waals surface area contributed by atoms with Crippen LogP contribution in [0.4, 0.5) is 22.0 Å². The number of rotatable bonds is 5. The van der Waals surface area contributed by atoms with E-state index in [4.69, 9.17) is 0 Å². The summed E-state index contributed by atoms with van der Waals surface area (Å²) in [5.74, 6) is -2.65. The molecule has 0 N–H and O–H groups in total. The summed E-state index contributed by atoms with van der Waals surface area (Å²) in [6.45, 7) is 2.12. The maximum Gasteiger partial charge on any atom is 0.573 e. The minimum absolute atomic E-state index is 0.164. The maximum atomic E-state index is 14.6. The monoisotopic (exact) mass is 382 g/mol. The number of fused-ring (bicyclic) bond motifs is 1. The van der Waals surface area contributed by atoms with E-state index in [9.17, 15) is 22.0 Å². The predicted octanol–water partition coefficient (Wildman–Crippen LogP) is 6.75. The van der Waals surface area contributed by atoms with E-state index < -0.39 is 23.7 Å². The highest BCUT2D eigenvalue weighted by Gasteiger charge is 2.32. The van der Waals surface area contributed by atoms with Crippen LogP contribution >= 0.6 is 0 Å². The lowest BCUT2D eigenvalue weighted by Crippen LogP contribution is -2.17. The van der Waals surface area contributed by atoms with Crippen LogP contribution in [0.3, 0.4) is 0 Å². The zero-order valence-corrected chi connectivity index (χ0v) is 14.8. The molecule has 0 unspecified atom stereocenters. The van der Waals surface area contributed by atoms with Crippen LogP contribution in [0.25, 0.3) is 11.1 Å². The summed E-state index contributed by atoms with van der Waals surface area (Å²) in [6, 6.07) is 6.04. The van der Waals surface area contributed by atoms with E-state index in [2.05, 4.69) is 17.7 Å². The predicted molar refractivity (Wildman–Crippen MR) is 93.5 cm³/mol. The SMILES string of the molecule is CCCCC1=CCc2cc(-c3ccc(OC(F)(F)F)c(F)c3)c(F)cc2C1. The van der Waals surface area contributed by atoms with Gasteiger partial charge < -0.3 is 4.74 Å². The smallest absolute Gasteiger partial charge is 0.403 e. The summed E-state index contributed by atoms with van der Waals surface area (Å²) in [7, 11) is 0. The van der Waals surface area contributed by atoms with Gasteiger partial charge in [-0.3, -0.25) is 0 Å². The third kappa shape index (κ3) is 4.67. The van der Waals surface area contributed by atoms with Crippen LogP contribution < -0.4 is 4.74 Å². The Morgan fingerprint density at radius 1 is 1.00 bits per heavy atom. The third-order valence-electron chi connectivity index (χ3n) is 4.64. The van der Waals surface area contributed by atoms with Crippen molar-refractivity contribution in [1.82, 2.24) is 0 Å². The molecule has 0 atom stereocenters. The van der Waals surface area contributed by atoms with Crippen LogP contribution in [0.5, 0.6) is 5.75 Å². The van der Waals surface area contributed by atoms with E-state index in [0.29, 0.717) is 12.8 Å². The van der Waals surface area contributed by atoms with Crippen LogP contribution in [0.2, 0.25) is 0 Å². The second-order valence-electron chi connectivity index (χ2n) is 6.64. The van der Waals surface area contributed by atoms with Gasteiger partial charge >= 0.3 is 6.36 Å². The fourth-order valence-electron chi connectivity index (χ4n) is 3.28. The van der Waals surface area contributed by atoms with Gasteiger partial charge in [-0.2, -0.15) is 0 Å². The Bertz CT molecular complexity index is 868. The van der Waals surface area contributed by atoms with Crippen LogP contribution in [-0.2, 0) is 12.8 Å². The molecule has 6 heteroatoms. The first kappa shape index (κ1) is 19.4. The second-order valence-corrected chi connectivity index (χ2v) is 6.64. The van der Waals surface area contributed by atoms with Crippen LogP contribution in [-0.4, -0.2) is 6.36 Å². The van der Waals surface area contributed by atoms with E-state index in [-0.39, 0.29) is 11.1 Å². The van der Waals surface area contributed by atoms with Crippen LogP contribution in [0.15, 0.2) is 42.0 Å². The Morgan fingerprint density at radius 2 is 1.78 bits per heavy atom. The lowest BCUT2D eigenvalue weighted by atomic mass is 9.87. The first-order valence-electron chi connectivity index (χ1n) is 8.81. The average molecular weight is 382 g/mol. The number of alkyl halides is 3. The fraction of sp³-hybridized carbons (Fsp3) is 0.333. The molecule has 0 aliphatic heterocycles. The molecule has 1 aliphatic carbocycles. The normalized spacial score (nSPS) is 13.9. The Labute approximate surface area is 154 Å². The standard InChI is InChI=1S/C21H19F5O/c1-2-3-4-13-5-6-14-10-17(18(22)12-16(14)9-13)15-7-8-20(19(23)11-15)27-21(24,25)26/h5,7-8,10-12H,2-4,6,9H2,1H3. The minimum atomic E-state index is -4.98. The molecule has 144 valence electrons. The number of hydrogen-bond donors (Lipinski definition) is 0. The van der Waals surface area contributed by atoms with Crippen molar-refractivity contribution in [3.05, 3.63) is 64.7 Å². The summed E-state index contributed by atoms with van der Waals surface area (Å²) in [4.78, 5) is 0. The van der Waals surface area contributed by atoms with Crippen molar-refractivity contribution in [1.29, 1.82) is 0 Å². The van der Waals surface area contributed by atoms with Crippen LogP contribution in [0, 0.1) is 11.6 Å². The topological polar surface area (TPSA) is 9.23 Å². The van der Waals surface area contributed by atoms with Gasteiger partial charge in [0, 0.05) is 5.56 Å². The molecule has 0 heterocycles. The first-order valence-corrected chi connectivity index (χ1v) is 8.81. The van der Waals surface area contributed by atoms with Gasteiger partial charge in [0.25, 0.3) is 0 Å². The molecule has 27 heavy (non-hydrogen) atoms. The molecule has 0 radical (unpaired) electrons. The Balaban J connectivity index is 1.87. The van der Waals surface area contributed by atoms with Gasteiger partial charge in [0.1, 0.15) is 5.82 Å². The van der Waals surface area contributed by atoms with Crippen molar-refractivity contribution in [2.45, 2.75) is 45.4 Å². The number of hydrogen-bond acceptors (Lipinski definition) is 1. The van der Waals surface area contributed by atoms with Crippen molar-refractivity contribution in [2.24, 2.45) is 0 Å². The van der Waals surface area contributed by atoms with Crippen molar-refractivity contribution in [2.75, 3.05) is 0 Å². The molecule has 0 aromatic heterocycles. The molecule has 3 rings (SSSR count). The van der Waals surface area contributed by atoms with E-state index in [1.807, 2.05) is 0 Å². The summed E-state index contributed by atoms with van der Waals surface area (Å²) in [5.41, 5.74) is 3.47. The third-order valence-corrected chi connectivity index (χ3v) is 4.64. The Hall–Kier alpha value is -2.37. The lowest BCUT2D eigenvalue weighted by Gasteiger charge is -2.19. The molecule has 0 fully saturated rings. The highest BCUT2D eigenvalue weighted by atomic mass is 19.4. The van der Waals surface area contributed by atoms with Gasteiger partial charge in [-0.25, -0.2) is 8.78 Å². The Kier molecular flexibility index (Phi) is 5.53. The molecule has 0 amide bonds. The summed E-state index contributed by atoms with van der Waals surface area (Å²) >= 11 is 0. The van der Waals surface area contributed by atoms with Gasteiger partial charge in [-0.05, 0) is 66.6 Å². The van der Waals surface area contributed by atoms with Crippen molar-refractivity contribution < 1.29 is 26.7 Å². The summed E-state index contributed by atoms with van der Waals surface area (Å²) < 4.78 is 68.9. The first-order chi connectivity index (χ1) is 12.8. The average Bonchev–Trinajstić information content (AvgIpc) is 2.60. The summed E-state index contributed by atoms with van der Waals surface area (Å²) in [5, 5.41) is 0. The second kappa shape index (κ2) is 7.71. The van der Waals surface area contributed by atoms with Crippen molar-refractivity contribution in [3.8, 4) is 16.9 Å². The molecule has 0 spiro atoms. The number of allylic oxidation sites excluding steroid dienone is 2. The van der Waals surface area contributed by atoms with E-state index >= 15 is 0 Å². The van der Waals surface area contributed by atoms with Gasteiger partial charge in [-0.1, -0.05) is 31.1 Å². The van der Waals surface area contributed by atoms with Gasteiger partial charge in [0.2, 0.25) is 0 Å². The molecule has 0 saturated heterocycles. The quantitative estimate of drug-likeness (QED) is 0.411. The molecular formula is C21H19F5O. The van der Waals surface area contributed by atoms with Gasteiger partial charge in [-0.15, -0.1) is 13.2 Å². The largest absolute Gasteiger partial charge is 0.573 e. The highest BCUT2D eigenvalue weighted by molar-refractivity contribution is 5.67. The van der Waals surface area contributed by atoms with Crippen LogP contribution in [0.1, 0.15) is 37.3 Å². The van der Waals surface area contributed by atoms with Crippen molar-refractivity contribution >= 4 is 0 Å². The van der Waals surface area contributed by atoms with E-state index in [1.165, 1.54) is 17.7 Å². The molecule has 0 saturated carbocycles. The van der Waals surface area contributed by atoms with E-state index in [1.54, 1.807) is 6.07 Å². The molecule has 2 aromatic rings. The molecule has 2 aromatic carbocycles. The highest BCUT2D eigenvalue weighted by Crippen LogP contribution is 2.34. The van der Waals surface area contributed by atoms with Gasteiger partial charge in [0.05, 0.1) is 0 Å². The van der Waals surface area contributed by atoms with Crippen molar-refractivity contribution in [3.63, 3.8) is 0 Å². The molecule has 0 bridgehead atoms. The number of ether oxygens (including phenoxy) is 1. The fourth-order valence-corrected chi connectivity index (χ4v) is 3.28. The maximum absolute atomic E-state index is 14.6. The van der Waals surface area contributed by atoms with E-state index in [0.717, 1.165) is 42.5 Å². The zero-order valence-electron chi connectivity index (χ0n) is 14.8. The number of benzene rings is 2.